The summed E-state index contributed by atoms with van der Waals surface area (Å²) in [6, 6.07) is 15.2. The van der Waals surface area contributed by atoms with Crippen molar-refractivity contribution in [3.8, 4) is 11.4 Å². The number of nitrogens with zero attached hydrogens (tertiary/aromatic N) is 2. The van der Waals surface area contributed by atoms with Crippen LogP contribution in [0.15, 0.2) is 60.1 Å². The molecule has 0 radical (unpaired) electrons. The van der Waals surface area contributed by atoms with Crippen molar-refractivity contribution in [2.24, 2.45) is 0 Å². The van der Waals surface area contributed by atoms with Crippen LogP contribution >= 0.6 is 11.3 Å². The van der Waals surface area contributed by atoms with E-state index in [-0.39, 0.29) is 6.61 Å². The number of thiazole rings is 1. The van der Waals surface area contributed by atoms with Crippen LogP contribution in [-0.4, -0.2) is 16.1 Å². The van der Waals surface area contributed by atoms with Crippen LogP contribution in [0, 0.1) is 0 Å². The fourth-order valence-electron chi connectivity index (χ4n) is 1.95. The Labute approximate surface area is 138 Å². The van der Waals surface area contributed by atoms with E-state index in [0.29, 0.717) is 6.54 Å². The number of ether oxygens (including phenoxy) is 1. The SMILES string of the molecule is O=C(NCc1nc(-c2ccccn2)cs1)OCc1ccccc1. The number of hydrogen-bond donors (Lipinski definition) is 1. The molecule has 116 valence electrons. The Balaban J connectivity index is 1.49. The van der Waals surface area contributed by atoms with Gasteiger partial charge in [0.1, 0.15) is 11.6 Å². The number of carbonyl (C=O) groups excluding carboxylic acids is 1. The Hall–Kier alpha value is -2.73. The Morgan fingerprint density at radius 1 is 1.09 bits per heavy atom. The van der Waals surface area contributed by atoms with Gasteiger partial charge in [-0.3, -0.25) is 4.98 Å². The third-order valence-electron chi connectivity index (χ3n) is 3.08. The molecule has 3 rings (SSSR count). The zero-order valence-corrected chi connectivity index (χ0v) is 13.1. The van der Waals surface area contributed by atoms with E-state index >= 15 is 0 Å². The predicted molar refractivity (Wildman–Crippen MR) is 88.8 cm³/mol. The van der Waals surface area contributed by atoms with Crippen molar-refractivity contribution in [1.82, 2.24) is 15.3 Å². The summed E-state index contributed by atoms with van der Waals surface area (Å²) in [5, 5.41) is 5.43. The molecule has 5 nitrogen and oxygen atoms in total. The zero-order chi connectivity index (χ0) is 15.9. The number of nitrogens with one attached hydrogen (secondary N) is 1. The third-order valence-corrected chi connectivity index (χ3v) is 3.92. The molecule has 0 aliphatic carbocycles. The summed E-state index contributed by atoms with van der Waals surface area (Å²) in [6.07, 6.45) is 1.27. The number of amides is 1. The lowest BCUT2D eigenvalue weighted by atomic mass is 10.2. The number of carbonyl (C=O) groups is 1. The first-order valence-electron chi connectivity index (χ1n) is 7.11. The standard InChI is InChI=1S/C17H15N3O2S/c21-17(22-11-13-6-2-1-3-7-13)19-10-16-20-15(12-23-16)14-8-4-5-9-18-14/h1-9,12H,10-11H2,(H,19,21). The highest BCUT2D eigenvalue weighted by atomic mass is 32.1. The summed E-state index contributed by atoms with van der Waals surface area (Å²) in [4.78, 5) is 20.4. The van der Waals surface area contributed by atoms with Crippen molar-refractivity contribution >= 4 is 17.4 Å². The van der Waals surface area contributed by atoms with Gasteiger partial charge in [-0.2, -0.15) is 0 Å². The van der Waals surface area contributed by atoms with Gasteiger partial charge in [0, 0.05) is 11.6 Å². The molecule has 1 aromatic carbocycles. The summed E-state index contributed by atoms with van der Waals surface area (Å²) < 4.78 is 5.16. The second-order valence-electron chi connectivity index (χ2n) is 4.76. The average molecular weight is 325 g/mol. The van der Waals surface area contributed by atoms with Gasteiger partial charge >= 0.3 is 6.09 Å². The van der Waals surface area contributed by atoms with Crippen molar-refractivity contribution in [3.05, 3.63) is 70.7 Å². The molecule has 0 saturated heterocycles. The highest BCUT2D eigenvalue weighted by molar-refractivity contribution is 7.09. The second kappa shape index (κ2) is 7.51. The number of alkyl carbamates (subject to hydrolysis) is 1. The molecule has 1 N–H and O–H groups in total. The molecule has 0 saturated carbocycles. The topological polar surface area (TPSA) is 64.1 Å². The minimum Gasteiger partial charge on any atom is -0.445 e. The lowest BCUT2D eigenvalue weighted by Gasteiger charge is -2.05. The van der Waals surface area contributed by atoms with E-state index in [1.807, 2.05) is 53.9 Å². The summed E-state index contributed by atoms with van der Waals surface area (Å²) in [6.45, 7) is 0.592. The van der Waals surface area contributed by atoms with Crippen molar-refractivity contribution in [1.29, 1.82) is 0 Å². The monoisotopic (exact) mass is 325 g/mol. The third kappa shape index (κ3) is 4.37. The lowest BCUT2D eigenvalue weighted by molar-refractivity contribution is 0.139. The minimum absolute atomic E-state index is 0.254. The molecule has 2 aromatic heterocycles. The summed E-state index contributed by atoms with van der Waals surface area (Å²) >= 11 is 1.48. The van der Waals surface area contributed by atoms with Gasteiger partial charge in [-0.25, -0.2) is 9.78 Å². The van der Waals surface area contributed by atoms with Crippen molar-refractivity contribution in [2.45, 2.75) is 13.2 Å². The van der Waals surface area contributed by atoms with Crippen LogP contribution in [-0.2, 0) is 17.9 Å². The van der Waals surface area contributed by atoms with Gasteiger partial charge in [0.05, 0.1) is 17.9 Å². The fraction of sp³-hybridized carbons (Fsp3) is 0.118. The number of rotatable bonds is 5. The molecule has 0 spiro atoms. The largest absolute Gasteiger partial charge is 0.445 e. The second-order valence-corrected chi connectivity index (χ2v) is 5.70. The van der Waals surface area contributed by atoms with E-state index in [4.69, 9.17) is 4.74 Å². The fourth-order valence-corrected chi connectivity index (χ4v) is 2.67. The zero-order valence-electron chi connectivity index (χ0n) is 12.3. The van der Waals surface area contributed by atoms with Crippen LogP contribution in [0.1, 0.15) is 10.6 Å². The minimum atomic E-state index is -0.455. The molecule has 2 heterocycles. The number of hydrogen-bond acceptors (Lipinski definition) is 5. The van der Waals surface area contributed by atoms with Gasteiger partial charge in [-0.15, -0.1) is 11.3 Å². The normalized spacial score (nSPS) is 10.3. The molecule has 1 amide bonds. The van der Waals surface area contributed by atoms with Crippen LogP contribution in [0.3, 0.4) is 0 Å². The van der Waals surface area contributed by atoms with Crippen molar-refractivity contribution in [2.75, 3.05) is 0 Å². The Morgan fingerprint density at radius 3 is 2.70 bits per heavy atom. The first-order chi connectivity index (χ1) is 11.3. The van der Waals surface area contributed by atoms with Crippen LogP contribution < -0.4 is 5.32 Å². The summed E-state index contributed by atoms with van der Waals surface area (Å²) in [7, 11) is 0. The molecule has 3 aromatic rings. The highest BCUT2D eigenvalue weighted by Gasteiger charge is 2.07. The van der Waals surface area contributed by atoms with Crippen LogP contribution in [0.25, 0.3) is 11.4 Å². The Kier molecular flexibility index (Phi) is 4.95. The quantitative estimate of drug-likeness (QED) is 0.778. The first-order valence-corrected chi connectivity index (χ1v) is 7.99. The highest BCUT2D eigenvalue weighted by Crippen LogP contribution is 2.19. The summed E-state index contributed by atoms with van der Waals surface area (Å²) in [5.41, 5.74) is 2.58. The van der Waals surface area contributed by atoms with E-state index in [9.17, 15) is 4.79 Å². The molecule has 0 bridgehead atoms. The molecule has 0 unspecified atom stereocenters. The lowest BCUT2D eigenvalue weighted by Crippen LogP contribution is -2.23. The Bertz CT molecular complexity index is 760. The number of aromatic nitrogens is 2. The molecule has 0 atom stereocenters. The van der Waals surface area contributed by atoms with Gasteiger partial charge in [-0.1, -0.05) is 36.4 Å². The van der Waals surface area contributed by atoms with E-state index in [1.165, 1.54) is 11.3 Å². The molecular weight excluding hydrogens is 310 g/mol. The molecule has 0 aliphatic heterocycles. The first kappa shape index (κ1) is 15.2. The predicted octanol–water partition coefficient (Wildman–Crippen LogP) is 3.63. The van der Waals surface area contributed by atoms with Gasteiger partial charge in [0.2, 0.25) is 0 Å². The van der Waals surface area contributed by atoms with Crippen LogP contribution in [0.2, 0.25) is 0 Å². The molecule has 0 aliphatic rings. The van der Waals surface area contributed by atoms with E-state index in [0.717, 1.165) is 22.0 Å². The molecule has 6 heteroatoms. The molecular formula is C17H15N3O2S. The maximum absolute atomic E-state index is 11.7. The maximum Gasteiger partial charge on any atom is 0.407 e. The average Bonchev–Trinajstić information content (AvgIpc) is 3.09. The number of pyridine rings is 1. The van der Waals surface area contributed by atoms with Gasteiger partial charge in [-0.05, 0) is 17.7 Å². The molecule has 23 heavy (non-hydrogen) atoms. The smallest absolute Gasteiger partial charge is 0.407 e. The van der Waals surface area contributed by atoms with Crippen molar-refractivity contribution in [3.63, 3.8) is 0 Å². The van der Waals surface area contributed by atoms with Gasteiger partial charge in [0.25, 0.3) is 0 Å². The Morgan fingerprint density at radius 2 is 1.91 bits per heavy atom. The van der Waals surface area contributed by atoms with Gasteiger partial charge < -0.3 is 10.1 Å². The van der Waals surface area contributed by atoms with Crippen molar-refractivity contribution < 1.29 is 9.53 Å². The molecule has 0 fully saturated rings. The maximum atomic E-state index is 11.7. The van der Waals surface area contributed by atoms with E-state index in [2.05, 4.69) is 15.3 Å². The number of benzene rings is 1. The van der Waals surface area contributed by atoms with E-state index in [1.54, 1.807) is 6.20 Å². The summed E-state index contributed by atoms with van der Waals surface area (Å²) in [5.74, 6) is 0. The van der Waals surface area contributed by atoms with Gasteiger partial charge in [0.15, 0.2) is 0 Å². The van der Waals surface area contributed by atoms with Crippen LogP contribution in [0.4, 0.5) is 4.79 Å². The van der Waals surface area contributed by atoms with E-state index < -0.39 is 6.09 Å². The van der Waals surface area contributed by atoms with Crippen LogP contribution in [0.5, 0.6) is 0 Å².